The largest absolute Gasteiger partial charge is 0.499 e. The van der Waals surface area contributed by atoms with Gasteiger partial charge in [0.25, 0.3) is 5.91 Å². The van der Waals surface area contributed by atoms with Gasteiger partial charge >= 0.3 is 0 Å². The van der Waals surface area contributed by atoms with Gasteiger partial charge in [-0.05, 0) is 90.4 Å². The van der Waals surface area contributed by atoms with Crippen molar-refractivity contribution >= 4 is 23.1 Å². The summed E-state index contributed by atoms with van der Waals surface area (Å²) in [7, 11) is 2.08. The van der Waals surface area contributed by atoms with Crippen LogP contribution in [0.2, 0.25) is 0 Å². The number of likely N-dealkylation sites (N-methyl/N-ethyl adjacent to an activating group) is 1. The van der Waals surface area contributed by atoms with E-state index in [1.165, 1.54) is 0 Å². The fourth-order valence-corrected chi connectivity index (χ4v) is 4.45. The van der Waals surface area contributed by atoms with Crippen LogP contribution in [0.5, 0.6) is 0 Å². The van der Waals surface area contributed by atoms with Crippen molar-refractivity contribution in [3.63, 3.8) is 0 Å². The van der Waals surface area contributed by atoms with Crippen molar-refractivity contribution in [2.45, 2.75) is 54.4 Å². The molecule has 0 saturated carbocycles. The maximum Gasteiger partial charge on any atom is 0.253 e. The van der Waals surface area contributed by atoms with E-state index in [1.807, 2.05) is 93.3 Å². The van der Waals surface area contributed by atoms with Crippen LogP contribution in [-0.2, 0) is 4.74 Å². The molecule has 0 unspecified atom stereocenters. The Balaban J connectivity index is 0.000000426. The fourth-order valence-electron chi connectivity index (χ4n) is 4.45. The van der Waals surface area contributed by atoms with Crippen LogP contribution in [0, 0.1) is 0 Å². The Morgan fingerprint density at radius 2 is 1.79 bits per heavy atom. The van der Waals surface area contributed by atoms with Crippen LogP contribution in [0.4, 0.5) is 11.6 Å². The molecule has 0 bridgehead atoms. The fraction of sp³-hybridized carbons (Fsp3) is 0.368. The summed E-state index contributed by atoms with van der Waals surface area (Å²) >= 11 is 0. The van der Waals surface area contributed by atoms with Crippen molar-refractivity contribution < 1.29 is 9.53 Å². The molecule has 1 aliphatic heterocycles. The highest BCUT2D eigenvalue weighted by Gasteiger charge is 2.20. The molecular formula is C38H53N7O2. The van der Waals surface area contributed by atoms with E-state index in [0.29, 0.717) is 11.5 Å². The van der Waals surface area contributed by atoms with E-state index in [4.69, 9.17) is 4.74 Å². The molecule has 9 nitrogen and oxygen atoms in total. The van der Waals surface area contributed by atoms with Crippen molar-refractivity contribution in [1.29, 1.82) is 0 Å². The molecule has 3 aromatic rings. The van der Waals surface area contributed by atoms with E-state index in [1.54, 1.807) is 12.4 Å². The first-order valence-electron chi connectivity index (χ1n) is 16.3. The molecule has 3 heterocycles. The minimum Gasteiger partial charge on any atom is -0.499 e. The first-order valence-corrected chi connectivity index (χ1v) is 16.3. The highest BCUT2D eigenvalue weighted by atomic mass is 16.5. The molecule has 2 N–H and O–H groups in total. The molecule has 0 atom stereocenters. The molecule has 1 fully saturated rings. The maximum atomic E-state index is 12.7. The van der Waals surface area contributed by atoms with E-state index in [-0.39, 0.29) is 5.91 Å². The van der Waals surface area contributed by atoms with Gasteiger partial charge in [-0.25, -0.2) is 9.97 Å². The molecule has 0 radical (unpaired) electrons. The molecule has 4 rings (SSSR count). The van der Waals surface area contributed by atoms with E-state index >= 15 is 0 Å². The number of carbonyl (C=O) groups excluding carboxylic acids is 1. The van der Waals surface area contributed by atoms with E-state index < -0.39 is 0 Å². The minimum atomic E-state index is 0.0749. The summed E-state index contributed by atoms with van der Waals surface area (Å²) in [5, 5.41) is 10.5. The van der Waals surface area contributed by atoms with E-state index in [0.717, 1.165) is 79.6 Å². The van der Waals surface area contributed by atoms with Crippen molar-refractivity contribution in [3.8, 4) is 11.3 Å². The standard InChI is InChI=1S/C24H29N7O.C8H12.C6H12O/c1-4-5-17(2)22-20(16-26-29-22)21-10-11-25-24(28-21)27-19-8-6-18(7-9-19)23(32)31-14-12-30(3)13-15-31;1-3-5-7-8-6-4-2;1-4-6(3)7-5-2/h5-11,16H,4,12-15H2,1-3H3,(H,26,29)(H,25,27,28);3-4,6-8H,1,5H2,2H3;4H,5H2,1-3H3/b17-5+;6-4-,8-7-;6-4+. The van der Waals surface area contributed by atoms with Gasteiger partial charge in [-0.2, -0.15) is 5.10 Å². The number of ether oxygens (including phenoxy) is 1. The van der Waals surface area contributed by atoms with Crippen LogP contribution in [0.15, 0.2) is 97.6 Å². The topological polar surface area (TPSA) is 99.3 Å². The second-order valence-electron chi connectivity index (χ2n) is 10.8. The summed E-state index contributed by atoms with van der Waals surface area (Å²) in [6.07, 6.45) is 19.5. The van der Waals surface area contributed by atoms with Gasteiger partial charge in [-0.15, -0.1) is 6.58 Å². The second-order valence-corrected chi connectivity index (χ2v) is 10.8. The Morgan fingerprint density at radius 3 is 2.38 bits per heavy atom. The van der Waals surface area contributed by atoms with Crippen LogP contribution in [-0.4, -0.2) is 75.7 Å². The highest BCUT2D eigenvalue weighted by molar-refractivity contribution is 5.94. The number of H-pyrrole nitrogens is 1. The lowest BCUT2D eigenvalue weighted by Crippen LogP contribution is -2.47. The van der Waals surface area contributed by atoms with Crippen LogP contribution < -0.4 is 5.32 Å². The third kappa shape index (κ3) is 13.6. The number of benzene rings is 1. The summed E-state index contributed by atoms with van der Waals surface area (Å²) in [6, 6.07) is 9.34. The number of hydrogen-bond donors (Lipinski definition) is 2. The lowest BCUT2D eigenvalue weighted by Gasteiger charge is -2.32. The highest BCUT2D eigenvalue weighted by Crippen LogP contribution is 2.26. The van der Waals surface area contributed by atoms with Gasteiger partial charge < -0.3 is 19.9 Å². The Labute approximate surface area is 281 Å². The van der Waals surface area contributed by atoms with Crippen LogP contribution in [0.1, 0.15) is 70.4 Å². The van der Waals surface area contributed by atoms with Gasteiger partial charge in [0, 0.05) is 49.2 Å². The Bertz CT molecular complexity index is 1480. The van der Waals surface area contributed by atoms with Crippen molar-refractivity contribution in [2.24, 2.45) is 0 Å². The molecule has 47 heavy (non-hydrogen) atoms. The normalized spacial score (nSPS) is 13.9. The lowest BCUT2D eigenvalue weighted by atomic mass is 10.1. The molecule has 1 aromatic carbocycles. The molecule has 1 amide bonds. The first kappa shape index (κ1) is 38.4. The third-order valence-corrected chi connectivity index (χ3v) is 7.17. The number of allylic oxidation sites excluding steroid dienone is 9. The Hall–Kier alpha value is -4.76. The number of amides is 1. The zero-order valence-corrected chi connectivity index (χ0v) is 29.3. The third-order valence-electron chi connectivity index (χ3n) is 7.17. The van der Waals surface area contributed by atoms with Gasteiger partial charge in [-0.1, -0.05) is 49.5 Å². The smallest absolute Gasteiger partial charge is 0.253 e. The molecule has 0 aliphatic carbocycles. The summed E-state index contributed by atoms with van der Waals surface area (Å²) in [5.41, 5.74) is 5.34. The number of aromatic amines is 1. The summed E-state index contributed by atoms with van der Waals surface area (Å²) in [5.74, 6) is 1.57. The van der Waals surface area contributed by atoms with Gasteiger partial charge in [0.1, 0.15) is 0 Å². The van der Waals surface area contributed by atoms with E-state index in [2.05, 4.69) is 70.0 Å². The average Bonchev–Trinajstić information content (AvgIpc) is 3.59. The zero-order valence-electron chi connectivity index (χ0n) is 29.3. The van der Waals surface area contributed by atoms with E-state index in [9.17, 15) is 4.79 Å². The maximum absolute atomic E-state index is 12.7. The quantitative estimate of drug-likeness (QED) is 0.123. The number of hydrogen-bond acceptors (Lipinski definition) is 7. The molecule has 0 spiro atoms. The van der Waals surface area contributed by atoms with Crippen molar-refractivity contribution in [1.82, 2.24) is 30.0 Å². The summed E-state index contributed by atoms with van der Waals surface area (Å²) in [6.45, 7) is 19.8. The van der Waals surface area contributed by atoms with Crippen molar-refractivity contribution in [2.75, 3.05) is 45.2 Å². The van der Waals surface area contributed by atoms with Crippen LogP contribution >= 0.6 is 0 Å². The zero-order chi connectivity index (χ0) is 34.4. The van der Waals surface area contributed by atoms with Gasteiger partial charge in [0.15, 0.2) is 0 Å². The SMILES string of the molecule is C/C=C(\C)OCC.C=CC/C=C\C=C/C.CC/C=C(\C)c1[nH]ncc1-c1ccnc(Nc2ccc(C(=O)N3CCN(C)CC3)cc2)n1. The van der Waals surface area contributed by atoms with Gasteiger partial charge in [0.05, 0.1) is 30.0 Å². The molecule has 1 aliphatic rings. The monoisotopic (exact) mass is 639 g/mol. The summed E-state index contributed by atoms with van der Waals surface area (Å²) < 4.78 is 5.05. The number of rotatable bonds is 11. The number of anilines is 2. The first-order chi connectivity index (χ1) is 22.8. The Kier molecular flexibility index (Phi) is 17.9. The van der Waals surface area contributed by atoms with Crippen LogP contribution in [0.3, 0.4) is 0 Å². The number of carbonyl (C=O) groups is 1. The number of piperazine rings is 1. The second kappa shape index (κ2) is 21.9. The minimum absolute atomic E-state index is 0.0749. The van der Waals surface area contributed by atoms with Gasteiger partial charge in [-0.3, -0.25) is 9.89 Å². The predicted molar refractivity (Wildman–Crippen MR) is 197 cm³/mol. The average molecular weight is 640 g/mol. The molecule has 9 heteroatoms. The van der Waals surface area contributed by atoms with Gasteiger partial charge in [0.2, 0.25) is 5.95 Å². The van der Waals surface area contributed by atoms with Crippen molar-refractivity contribution in [3.05, 3.63) is 109 Å². The van der Waals surface area contributed by atoms with Crippen LogP contribution in [0.25, 0.3) is 16.8 Å². The number of aromatic nitrogens is 4. The number of nitrogens with one attached hydrogen (secondary N) is 2. The molecular weight excluding hydrogens is 586 g/mol. The molecule has 2 aromatic heterocycles. The predicted octanol–water partition coefficient (Wildman–Crippen LogP) is 8.45. The molecule has 252 valence electrons. The molecule has 1 saturated heterocycles. The summed E-state index contributed by atoms with van der Waals surface area (Å²) in [4.78, 5) is 25.9. The Morgan fingerprint density at radius 1 is 1.06 bits per heavy atom. The lowest BCUT2D eigenvalue weighted by molar-refractivity contribution is 0.0664. The number of nitrogens with zero attached hydrogens (tertiary/aromatic N) is 5.